The van der Waals surface area contributed by atoms with E-state index in [2.05, 4.69) is 9.97 Å². The number of ether oxygens (including phenoxy) is 1. The first-order valence-corrected chi connectivity index (χ1v) is 5.27. The lowest BCUT2D eigenvalue weighted by molar-refractivity contribution is 0.174. The van der Waals surface area contributed by atoms with E-state index in [0.29, 0.717) is 19.7 Å². The summed E-state index contributed by atoms with van der Waals surface area (Å²) in [6.07, 6.45) is 1.84. The Labute approximate surface area is 94.2 Å². The van der Waals surface area contributed by atoms with Gasteiger partial charge in [-0.2, -0.15) is 0 Å². The van der Waals surface area contributed by atoms with Gasteiger partial charge in [0.1, 0.15) is 17.9 Å². The summed E-state index contributed by atoms with van der Waals surface area (Å²) in [5.74, 6) is 0.876. The van der Waals surface area contributed by atoms with Gasteiger partial charge in [0.05, 0.1) is 0 Å². The minimum atomic E-state index is 0.482. The normalized spacial score (nSPS) is 11.2. The lowest BCUT2D eigenvalue weighted by atomic mass is 10.3. The molecule has 0 atom stereocenters. The summed E-state index contributed by atoms with van der Waals surface area (Å²) in [5, 5.41) is 0. The van der Waals surface area contributed by atoms with Crippen LogP contribution in [0.2, 0.25) is 0 Å². The number of fused-ring (bicyclic) bond motifs is 1. The molecule has 0 aliphatic heterocycles. The summed E-state index contributed by atoms with van der Waals surface area (Å²) >= 11 is 0. The molecule has 0 aromatic carbocycles. The van der Waals surface area contributed by atoms with Crippen LogP contribution in [0.25, 0.3) is 11.2 Å². The van der Waals surface area contributed by atoms with Gasteiger partial charge in [-0.1, -0.05) is 0 Å². The van der Waals surface area contributed by atoms with Crippen LogP contribution in [0.5, 0.6) is 0 Å². The smallest absolute Gasteiger partial charge is 0.160 e. The highest BCUT2D eigenvalue weighted by atomic mass is 16.5. The lowest BCUT2D eigenvalue weighted by Crippen LogP contribution is -2.13. The first kappa shape index (κ1) is 11.0. The molecule has 0 spiro atoms. The highest BCUT2D eigenvalue weighted by Gasteiger charge is 2.10. The summed E-state index contributed by atoms with van der Waals surface area (Å²) in [6.45, 7) is 3.77. The Morgan fingerprint density at radius 3 is 3.00 bits per heavy atom. The number of hydrogen-bond acceptors (Lipinski definition) is 4. The van der Waals surface area contributed by atoms with Gasteiger partial charge in [-0.25, -0.2) is 9.97 Å². The molecular weight excluding hydrogens is 204 g/mol. The van der Waals surface area contributed by atoms with E-state index in [9.17, 15) is 0 Å². The van der Waals surface area contributed by atoms with Crippen LogP contribution in [0, 0.1) is 6.92 Å². The van der Waals surface area contributed by atoms with E-state index < -0.39 is 0 Å². The van der Waals surface area contributed by atoms with Crippen molar-refractivity contribution >= 4 is 11.2 Å². The molecule has 16 heavy (non-hydrogen) atoms. The Balaban J connectivity index is 2.56. The van der Waals surface area contributed by atoms with Gasteiger partial charge in [-0.05, 0) is 18.6 Å². The van der Waals surface area contributed by atoms with Gasteiger partial charge in [0.15, 0.2) is 5.65 Å². The molecule has 0 radical (unpaired) electrons. The van der Waals surface area contributed by atoms with Gasteiger partial charge in [-0.15, -0.1) is 0 Å². The standard InChI is InChI=1S/C11H16N4O/c1-8-5-9-11(13-6-8)15(4-3-12)10(14-9)7-16-2/h5-6H,3-4,7,12H2,1-2H3. The van der Waals surface area contributed by atoms with Gasteiger partial charge >= 0.3 is 0 Å². The van der Waals surface area contributed by atoms with Crippen LogP contribution < -0.4 is 5.73 Å². The van der Waals surface area contributed by atoms with Crippen LogP contribution in [-0.4, -0.2) is 28.2 Å². The van der Waals surface area contributed by atoms with Crippen molar-refractivity contribution in [1.29, 1.82) is 0 Å². The van der Waals surface area contributed by atoms with Gasteiger partial charge in [0.2, 0.25) is 0 Å². The van der Waals surface area contributed by atoms with Crippen molar-refractivity contribution in [3.8, 4) is 0 Å². The minimum Gasteiger partial charge on any atom is -0.377 e. The number of methoxy groups -OCH3 is 1. The SMILES string of the molecule is COCc1nc2cc(C)cnc2n1CCN. The Kier molecular flexibility index (Phi) is 3.17. The number of aryl methyl sites for hydroxylation is 1. The topological polar surface area (TPSA) is 66.0 Å². The van der Waals surface area contributed by atoms with E-state index in [1.54, 1.807) is 7.11 Å². The van der Waals surface area contributed by atoms with Crippen LogP contribution >= 0.6 is 0 Å². The first-order chi connectivity index (χ1) is 7.76. The quantitative estimate of drug-likeness (QED) is 0.829. The number of hydrogen-bond donors (Lipinski definition) is 1. The fraction of sp³-hybridized carbons (Fsp3) is 0.455. The van der Waals surface area contributed by atoms with Crippen molar-refractivity contribution in [2.45, 2.75) is 20.1 Å². The second kappa shape index (κ2) is 4.59. The summed E-state index contributed by atoms with van der Waals surface area (Å²) in [4.78, 5) is 8.89. The van der Waals surface area contributed by atoms with E-state index >= 15 is 0 Å². The minimum absolute atomic E-state index is 0.482. The highest BCUT2D eigenvalue weighted by molar-refractivity contribution is 5.72. The largest absolute Gasteiger partial charge is 0.377 e. The maximum absolute atomic E-state index is 5.59. The van der Waals surface area contributed by atoms with Crippen molar-refractivity contribution in [2.24, 2.45) is 5.73 Å². The maximum Gasteiger partial charge on any atom is 0.160 e. The molecule has 86 valence electrons. The molecule has 5 nitrogen and oxygen atoms in total. The molecule has 0 saturated heterocycles. The van der Waals surface area contributed by atoms with Crippen molar-refractivity contribution in [3.63, 3.8) is 0 Å². The zero-order valence-corrected chi connectivity index (χ0v) is 9.60. The predicted molar refractivity (Wildman–Crippen MR) is 62.0 cm³/mol. The van der Waals surface area contributed by atoms with E-state index in [0.717, 1.165) is 22.6 Å². The van der Waals surface area contributed by atoms with E-state index in [-0.39, 0.29) is 0 Å². The molecule has 0 aliphatic rings. The molecule has 0 amide bonds. The zero-order valence-electron chi connectivity index (χ0n) is 9.60. The third kappa shape index (κ3) is 1.91. The number of aromatic nitrogens is 3. The third-order valence-electron chi connectivity index (χ3n) is 2.43. The highest BCUT2D eigenvalue weighted by Crippen LogP contribution is 2.15. The number of nitrogens with zero attached hydrogens (tertiary/aromatic N) is 3. The van der Waals surface area contributed by atoms with Crippen LogP contribution in [0.1, 0.15) is 11.4 Å². The molecule has 0 saturated carbocycles. The van der Waals surface area contributed by atoms with Gasteiger partial charge in [-0.3, -0.25) is 0 Å². The summed E-state index contributed by atoms with van der Waals surface area (Å²) in [5.41, 5.74) is 8.48. The Morgan fingerprint density at radius 2 is 2.31 bits per heavy atom. The Hall–Kier alpha value is -1.46. The molecule has 0 aliphatic carbocycles. The fourth-order valence-corrected chi connectivity index (χ4v) is 1.76. The van der Waals surface area contributed by atoms with Gasteiger partial charge in [0, 0.05) is 26.4 Å². The summed E-state index contributed by atoms with van der Waals surface area (Å²) < 4.78 is 7.13. The predicted octanol–water partition coefficient (Wildman–Crippen LogP) is 0.845. The molecular formula is C11H16N4O. The molecule has 2 rings (SSSR count). The number of rotatable bonds is 4. The van der Waals surface area contributed by atoms with Crippen LogP contribution in [0.15, 0.2) is 12.3 Å². The van der Waals surface area contributed by atoms with Crippen molar-refractivity contribution < 1.29 is 4.74 Å². The van der Waals surface area contributed by atoms with Crippen molar-refractivity contribution in [1.82, 2.24) is 14.5 Å². The molecule has 2 aromatic rings. The van der Waals surface area contributed by atoms with Crippen LogP contribution in [0.4, 0.5) is 0 Å². The van der Waals surface area contributed by atoms with Crippen molar-refractivity contribution in [2.75, 3.05) is 13.7 Å². The average molecular weight is 220 g/mol. The van der Waals surface area contributed by atoms with E-state index in [1.165, 1.54) is 0 Å². The zero-order chi connectivity index (χ0) is 11.5. The van der Waals surface area contributed by atoms with E-state index in [4.69, 9.17) is 10.5 Å². The molecule has 0 unspecified atom stereocenters. The number of imidazole rings is 1. The lowest BCUT2D eigenvalue weighted by Gasteiger charge is -2.05. The second-order valence-electron chi connectivity index (χ2n) is 3.76. The molecule has 0 fully saturated rings. The molecule has 2 heterocycles. The fourth-order valence-electron chi connectivity index (χ4n) is 1.76. The Bertz CT molecular complexity index is 492. The van der Waals surface area contributed by atoms with Crippen LogP contribution in [0.3, 0.4) is 0 Å². The molecule has 5 heteroatoms. The van der Waals surface area contributed by atoms with Gasteiger partial charge in [0.25, 0.3) is 0 Å². The van der Waals surface area contributed by atoms with E-state index in [1.807, 2.05) is 23.8 Å². The first-order valence-electron chi connectivity index (χ1n) is 5.27. The number of pyridine rings is 1. The van der Waals surface area contributed by atoms with Crippen molar-refractivity contribution in [3.05, 3.63) is 23.7 Å². The monoisotopic (exact) mass is 220 g/mol. The molecule has 2 N–H and O–H groups in total. The Morgan fingerprint density at radius 1 is 1.50 bits per heavy atom. The summed E-state index contributed by atoms with van der Waals surface area (Å²) in [6, 6.07) is 2.02. The second-order valence-corrected chi connectivity index (χ2v) is 3.76. The van der Waals surface area contributed by atoms with Gasteiger partial charge < -0.3 is 15.0 Å². The van der Waals surface area contributed by atoms with Crippen LogP contribution in [-0.2, 0) is 17.9 Å². The third-order valence-corrected chi connectivity index (χ3v) is 2.43. The maximum atomic E-state index is 5.59. The number of nitrogens with two attached hydrogens (primary N) is 1. The average Bonchev–Trinajstić information content (AvgIpc) is 2.57. The molecule has 0 bridgehead atoms. The molecule has 2 aromatic heterocycles. The summed E-state index contributed by atoms with van der Waals surface area (Å²) in [7, 11) is 1.66.